The molecule has 0 saturated heterocycles. The van der Waals surface area contributed by atoms with Crippen LogP contribution in [0.3, 0.4) is 0 Å². The van der Waals surface area contributed by atoms with Crippen LogP contribution in [0.25, 0.3) is 16.7 Å². The van der Waals surface area contributed by atoms with E-state index in [1.807, 2.05) is 31.2 Å². The summed E-state index contributed by atoms with van der Waals surface area (Å²) in [5.41, 5.74) is 2.43. The van der Waals surface area contributed by atoms with Crippen LogP contribution in [0.2, 0.25) is 0 Å². The second kappa shape index (κ2) is 7.33. The molecule has 1 aliphatic carbocycles. The van der Waals surface area contributed by atoms with Crippen LogP contribution in [0.5, 0.6) is 0 Å². The van der Waals surface area contributed by atoms with Crippen LogP contribution in [0.4, 0.5) is 0 Å². The van der Waals surface area contributed by atoms with Crippen molar-refractivity contribution in [3.63, 3.8) is 0 Å². The zero-order chi connectivity index (χ0) is 20.0. The van der Waals surface area contributed by atoms with E-state index >= 15 is 0 Å². The Morgan fingerprint density at radius 2 is 2.07 bits per heavy atom. The highest BCUT2D eigenvalue weighted by Gasteiger charge is 2.30. The third kappa shape index (κ3) is 3.25. The maximum Gasteiger partial charge on any atom is 0.265 e. The molecule has 1 N–H and O–H groups in total. The first-order valence-corrected chi connectivity index (χ1v) is 11.1. The first-order chi connectivity index (χ1) is 14.1. The predicted octanol–water partition coefficient (Wildman–Crippen LogP) is 2.99. The van der Waals surface area contributed by atoms with Gasteiger partial charge in [0.2, 0.25) is 5.91 Å². The molecule has 0 bridgehead atoms. The van der Waals surface area contributed by atoms with Crippen LogP contribution < -0.4 is 10.9 Å². The molecule has 5 rings (SSSR count). The van der Waals surface area contributed by atoms with E-state index in [-0.39, 0.29) is 17.5 Å². The summed E-state index contributed by atoms with van der Waals surface area (Å²) in [6.07, 6.45) is 6.38. The van der Waals surface area contributed by atoms with Crippen molar-refractivity contribution in [1.29, 1.82) is 0 Å². The molecule has 2 aromatic heterocycles. The number of carbonyl (C=O) groups is 1. The maximum atomic E-state index is 13.2. The second-order valence-corrected chi connectivity index (χ2v) is 8.85. The highest BCUT2D eigenvalue weighted by atomic mass is 32.2. The minimum absolute atomic E-state index is 0.0259. The summed E-state index contributed by atoms with van der Waals surface area (Å²) in [5.74, 6) is 0.711. The Kier molecular flexibility index (Phi) is 4.66. The number of amides is 1. The predicted molar refractivity (Wildman–Crippen MR) is 113 cm³/mol. The second-order valence-electron chi connectivity index (χ2n) is 7.87. The van der Waals surface area contributed by atoms with Gasteiger partial charge in [0.1, 0.15) is 5.39 Å². The smallest absolute Gasteiger partial charge is 0.265 e. The summed E-state index contributed by atoms with van der Waals surface area (Å²) in [7, 11) is 0. The Morgan fingerprint density at radius 1 is 1.28 bits per heavy atom. The van der Waals surface area contributed by atoms with Crippen molar-refractivity contribution < 1.29 is 4.79 Å². The molecule has 1 aliphatic heterocycles. The zero-order valence-corrected chi connectivity index (χ0v) is 17.1. The van der Waals surface area contributed by atoms with Gasteiger partial charge in [0.15, 0.2) is 10.8 Å². The number of fused-ring (bicyclic) bond motifs is 2. The molecule has 1 aromatic carbocycles. The average Bonchev–Trinajstić information content (AvgIpc) is 3.43. The standard InChI is InChI=1S/C21H23N5O2S/c1-13-6-2-5-9-17(13)26-19-16(11-22-26)20(28)25-15(12-29-21(25)24-19)10-18(27)23-14-7-3-4-8-14/h2,5-6,9,11,14-15H,3-4,7-8,10,12H2,1H3,(H,23,27). The molecular formula is C21H23N5O2S. The van der Waals surface area contributed by atoms with Crippen LogP contribution in [0.1, 0.15) is 43.7 Å². The molecule has 3 aromatic rings. The Morgan fingerprint density at radius 3 is 2.86 bits per heavy atom. The molecule has 2 aliphatic rings. The number of nitrogens with zero attached hydrogens (tertiary/aromatic N) is 4. The van der Waals surface area contributed by atoms with Crippen LogP contribution >= 0.6 is 11.8 Å². The van der Waals surface area contributed by atoms with E-state index in [1.165, 1.54) is 24.6 Å². The molecule has 8 heteroatoms. The molecule has 3 heterocycles. The zero-order valence-electron chi connectivity index (χ0n) is 16.3. The van der Waals surface area contributed by atoms with Crippen molar-refractivity contribution in [3.05, 3.63) is 46.4 Å². The largest absolute Gasteiger partial charge is 0.353 e. The van der Waals surface area contributed by atoms with E-state index in [0.29, 0.717) is 34.4 Å². The van der Waals surface area contributed by atoms with Gasteiger partial charge in [-0.05, 0) is 31.4 Å². The highest BCUT2D eigenvalue weighted by molar-refractivity contribution is 7.99. The van der Waals surface area contributed by atoms with Crippen LogP contribution in [0.15, 0.2) is 40.4 Å². The molecule has 29 heavy (non-hydrogen) atoms. The molecular weight excluding hydrogens is 386 g/mol. The molecule has 0 radical (unpaired) electrons. The fraction of sp³-hybridized carbons (Fsp3) is 0.429. The number of thioether (sulfide) groups is 1. The highest BCUT2D eigenvalue weighted by Crippen LogP contribution is 2.33. The van der Waals surface area contributed by atoms with Crippen molar-refractivity contribution in [1.82, 2.24) is 24.6 Å². The molecule has 7 nitrogen and oxygen atoms in total. The molecule has 1 fully saturated rings. The quantitative estimate of drug-likeness (QED) is 0.670. The van der Waals surface area contributed by atoms with E-state index in [1.54, 1.807) is 15.4 Å². The third-order valence-electron chi connectivity index (χ3n) is 5.86. The number of hydrogen-bond donors (Lipinski definition) is 1. The Hall–Kier alpha value is -2.61. The fourth-order valence-electron chi connectivity index (χ4n) is 4.33. The van der Waals surface area contributed by atoms with Crippen LogP contribution in [0, 0.1) is 6.92 Å². The van der Waals surface area contributed by atoms with E-state index in [0.717, 1.165) is 24.1 Å². The summed E-state index contributed by atoms with van der Waals surface area (Å²) in [5, 5.41) is 8.71. The van der Waals surface area contributed by atoms with Gasteiger partial charge in [-0.3, -0.25) is 14.2 Å². The summed E-state index contributed by atoms with van der Waals surface area (Å²) < 4.78 is 3.42. The van der Waals surface area contributed by atoms with Gasteiger partial charge in [0.25, 0.3) is 5.56 Å². The minimum Gasteiger partial charge on any atom is -0.353 e. The lowest BCUT2D eigenvalue weighted by atomic mass is 10.2. The normalized spacial score (nSPS) is 19.0. The molecule has 1 amide bonds. The monoisotopic (exact) mass is 409 g/mol. The molecule has 0 spiro atoms. The topological polar surface area (TPSA) is 81.8 Å². The molecule has 1 unspecified atom stereocenters. The van der Waals surface area contributed by atoms with Gasteiger partial charge in [0, 0.05) is 18.2 Å². The van der Waals surface area contributed by atoms with Crippen molar-refractivity contribution >= 4 is 28.7 Å². The van der Waals surface area contributed by atoms with Crippen molar-refractivity contribution in [3.8, 4) is 5.69 Å². The summed E-state index contributed by atoms with van der Waals surface area (Å²) in [6.45, 7) is 2.01. The number of benzene rings is 1. The number of aromatic nitrogens is 4. The van der Waals surface area contributed by atoms with Gasteiger partial charge in [-0.2, -0.15) is 5.10 Å². The maximum absolute atomic E-state index is 13.2. The van der Waals surface area contributed by atoms with E-state index in [4.69, 9.17) is 4.98 Å². The van der Waals surface area contributed by atoms with E-state index in [2.05, 4.69) is 10.4 Å². The number of aryl methyl sites for hydroxylation is 1. The number of carbonyl (C=O) groups excluding carboxylic acids is 1. The van der Waals surface area contributed by atoms with Gasteiger partial charge >= 0.3 is 0 Å². The van der Waals surface area contributed by atoms with E-state index < -0.39 is 0 Å². The minimum atomic E-state index is -0.164. The number of hydrogen-bond acceptors (Lipinski definition) is 5. The van der Waals surface area contributed by atoms with Crippen LogP contribution in [-0.4, -0.2) is 37.0 Å². The third-order valence-corrected chi connectivity index (χ3v) is 6.95. The van der Waals surface area contributed by atoms with Gasteiger partial charge in [0.05, 0.1) is 17.9 Å². The lowest BCUT2D eigenvalue weighted by Crippen LogP contribution is -2.35. The van der Waals surface area contributed by atoms with Gasteiger partial charge < -0.3 is 5.32 Å². The SMILES string of the molecule is Cc1ccccc1-n1ncc2c(=O)n3c(nc21)SCC3CC(=O)NC1CCCC1. The van der Waals surface area contributed by atoms with Crippen molar-refractivity contribution in [2.45, 2.75) is 56.3 Å². The molecule has 1 saturated carbocycles. The first-order valence-electron chi connectivity index (χ1n) is 10.1. The Labute approximate surface area is 172 Å². The lowest BCUT2D eigenvalue weighted by Gasteiger charge is -2.16. The van der Waals surface area contributed by atoms with Crippen molar-refractivity contribution in [2.75, 3.05) is 5.75 Å². The van der Waals surface area contributed by atoms with Gasteiger partial charge in [-0.15, -0.1) is 0 Å². The average molecular weight is 410 g/mol. The summed E-state index contributed by atoms with van der Waals surface area (Å²) in [6, 6.07) is 8.03. The van der Waals surface area contributed by atoms with E-state index in [9.17, 15) is 9.59 Å². The number of para-hydroxylation sites is 1. The summed E-state index contributed by atoms with van der Waals surface area (Å²) >= 11 is 1.53. The first kappa shape index (κ1) is 18.4. The number of rotatable bonds is 4. The summed E-state index contributed by atoms with van der Waals surface area (Å²) in [4.78, 5) is 30.5. The van der Waals surface area contributed by atoms with Crippen LogP contribution in [-0.2, 0) is 4.79 Å². The Bertz CT molecular complexity index is 1150. The van der Waals surface area contributed by atoms with Gasteiger partial charge in [-0.1, -0.05) is 42.8 Å². The number of nitrogens with one attached hydrogen (secondary N) is 1. The molecule has 1 atom stereocenters. The molecule has 150 valence electrons. The van der Waals surface area contributed by atoms with Gasteiger partial charge in [-0.25, -0.2) is 9.67 Å². The van der Waals surface area contributed by atoms with Crippen molar-refractivity contribution in [2.24, 2.45) is 0 Å². The Balaban J connectivity index is 1.47. The fourth-order valence-corrected chi connectivity index (χ4v) is 5.46. The lowest BCUT2D eigenvalue weighted by molar-refractivity contribution is -0.122.